The number of likely N-dealkylation sites (tertiary alicyclic amines) is 1. The smallest absolute Gasteiger partial charge is 0.410 e. The molecule has 1 saturated heterocycles. The zero-order chi connectivity index (χ0) is 11.4. The third-order valence-corrected chi connectivity index (χ3v) is 2.46. The summed E-state index contributed by atoms with van der Waals surface area (Å²) in [5.41, 5.74) is 0.880. The minimum absolute atomic E-state index is 0.186. The minimum atomic E-state index is -0.310. The Morgan fingerprint density at radius 3 is 3.12 bits per heavy atom. The van der Waals surface area contributed by atoms with Gasteiger partial charge in [-0.3, -0.25) is 4.98 Å². The van der Waals surface area contributed by atoms with E-state index < -0.39 is 0 Å². The largest absolute Gasteiger partial charge is 0.444 e. The fourth-order valence-corrected chi connectivity index (χ4v) is 1.45. The lowest BCUT2D eigenvalue weighted by molar-refractivity contribution is 0.0624. The predicted octanol–water partition coefficient (Wildman–Crippen LogP) is 1.28. The van der Waals surface area contributed by atoms with E-state index in [1.165, 1.54) is 0 Å². The van der Waals surface area contributed by atoms with Gasteiger partial charge in [0, 0.05) is 31.0 Å². The first-order chi connectivity index (χ1) is 7.79. The number of carbonyl (C=O) groups is 1. The van der Waals surface area contributed by atoms with Crippen LogP contribution in [0.3, 0.4) is 0 Å². The third-order valence-electron chi connectivity index (χ3n) is 2.46. The quantitative estimate of drug-likeness (QED) is 0.699. The first kappa shape index (κ1) is 10.5. The first-order valence-corrected chi connectivity index (χ1v) is 5.06. The summed E-state index contributed by atoms with van der Waals surface area (Å²) in [7, 11) is 0. The average Bonchev–Trinajstić information content (AvgIpc) is 2.26. The van der Waals surface area contributed by atoms with Gasteiger partial charge >= 0.3 is 6.09 Å². The molecule has 0 spiro atoms. The van der Waals surface area contributed by atoms with Crippen molar-refractivity contribution in [2.24, 2.45) is 5.92 Å². The molecule has 2 rings (SSSR count). The van der Waals surface area contributed by atoms with Crippen molar-refractivity contribution in [2.75, 3.05) is 13.1 Å². The van der Waals surface area contributed by atoms with Crippen molar-refractivity contribution in [3.05, 3.63) is 30.1 Å². The second-order valence-electron chi connectivity index (χ2n) is 3.68. The van der Waals surface area contributed by atoms with Crippen LogP contribution >= 0.6 is 0 Å². The number of hydrogen-bond donors (Lipinski definition) is 0. The van der Waals surface area contributed by atoms with Crippen LogP contribution < -0.4 is 0 Å². The van der Waals surface area contributed by atoms with E-state index in [1.54, 1.807) is 23.4 Å². The molecule has 1 aromatic heterocycles. The SMILES string of the molecule is C#CC1CN(C(=O)OCc2cccnc2)C1. The molecular weight excluding hydrogens is 204 g/mol. The van der Waals surface area contributed by atoms with Crippen LogP contribution in [0.5, 0.6) is 0 Å². The van der Waals surface area contributed by atoms with Crippen molar-refractivity contribution >= 4 is 6.09 Å². The zero-order valence-electron chi connectivity index (χ0n) is 8.80. The summed E-state index contributed by atoms with van der Waals surface area (Å²) in [5.74, 6) is 2.79. The molecule has 1 aliphatic rings. The number of rotatable bonds is 2. The summed E-state index contributed by atoms with van der Waals surface area (Å²) < 4.78 is 5.10. The van der Waals surface area contributed by atoms with Gasteiger partial charge in [-0.15, -0.1) is 6.42 Å². The van der Waals surface area contributed by atoms with Crippen LogP contribution in [-0.2, 0) is 11.3 Å². The number of nitrogens with zero attached hydrogens (tertiary/aromatic N) is 2. The molecule has 0 aliphatic carbocycles. The molecule has 1 aromatic rings. The highest BCUT2D eigenvalue weighted by atomic mass is 16.6. The van der Waals surface area contributed by atoms with Gasteiger partial charge in [0.2, 0.25) is 0 Å². The summed E-state index contributed by atoms with van der Waals surface area (Å²) in [6.45, 7) is 1.45. The highest BCUT2D eigenvalue weighted by molar-refractivity contribution is 5.68. The minimum Gasteiger partial charge on any atom is -0.444 e. The Labute approximate surface area is 94.2 Å². The maximum Gasteiger partial charge on any atom is 0.410 e. The number of carbonyl (C=O) groups excluding carboxylic acids is 1. The van der Waals surface area contributed by atoms with E-state index in [9.17, 15) is 4.79 Å². The summed E-state index contributed by atoms with van der Waals surface area (Å²) in [5, 5.41) is 0. The van der Waals surface area contributed by atoms with Crippen LogP contribution in [0.1, 0.15) is 5.56 Å². The molecule has 0 N–H and O–H groups in total. The summed E-state index contributed by atoms with van der Waals surface area (Å²) in [4.78, 5) is 17.0. The van der Waals surface area contributed by atoms with E-state index in [4.69, 9.17) is 11.2 Å². The number of amides is 1. The van der Waals surface area contributed by atoms with Gasteiger partial charge in [0.25, 0.3) is 0 Å². The molecule has 0 saturated carbocycles. The van der Waals surface area contributed by atoms with Crippen LogP contribution in [0.4, 0.5) is 4.79 Å². The van der Waals surface area contributed by atoms with Gasteiger partial charge in [0.1, 0.15) is 6.61 Å². The van der Waals surface area contributed by atoms with E-state index in [2.05, 4.69) is 10.9 Å². The normalized spacial score (nSPS) is 15.1. The molecule has 16 heavy (non-hydrogen) atoms. The lowest BCUT2D eigenvalue weighted by atomic mass is 10.0. The summed E-state index contributed by atoms with van der Waals surface area (Å²) >= 11 is 0. The maximum atomic E-state index is 11.5. The van der Waals surface area contributed by atoms with Gasteiger partial charge in [-0.2, -0.15) is 0 Å². The number of terminal acetylenes is 1. The number of hydrogen-bond acceptors (Lipinski definition) is 3. The standard InChI is InChI=1S/C12H12N2O2/c1-2-10-7-14(8-10)12(15)16-9-11-4-3-5-13-6-11/h1,3-6,10H,7-9H2. The Hall–Kier alpha value is -2.02. The van der Waals surface area contributed by atoms with E-state index in [-0.39, 0.29) is 18.6 Å². The Morgan fingerprint density at radius 1 is 1.69 bits per heavy atom. The van der Waals surface area contributed by atoms with Crippen LogP contribution in [0.15, 0.2) is 24.5 Å². The summed E-state index contributed by atoms with van der Waals surface area (Å²) in [6, 6.07) is 3.67. The third kappa shape index (κ3) is 2.31. The van der Waals surface area contributed by atoms with Crippen molar-refractivity contribution in [3.63, 3.8) is 0 Å². The van der Waals surface area contributed by atoms with Crippen molar-refractivity contribution in [3.8, 4) is 12.3 Å². The zero-order valence-corrected chi connectivity index (χ0v) is 8.80. The van der Waals surface area contributed by atoms with Gasteiger partial charge in [-0.05, 0) is 6.07 Å². The van der Waals surface area contributed by atoms with Crippen molar-refractivity contribution < 1.29 is 9.53 Å². The molecule has 4 nitrogen and oxygen atoms in total. The van der Waals surface area contributed by atoms with Crippen molar-refractivity contribution in [2.45, 2.75) is 6.61 Å². The number of ether oxygens (including phenoxy) is 1. The van der Waals surface area contributed by atoms with E-state index >= 15 is 0 Å². The van der Waals surface area contributed by atoms with Crippen LogP contribution in [0.2, 0.25) is 0 Å². The van der Waals surface area contributed by atoms with E-state index in [1.807, 2.05) is 6.07 Å². The number of aromatic nitrogens is 1. The lowest BCUT2D eigenvalue weighted by Crippen LogP contribution is -2.49. The maximum absolute atomic E-state index is 11.5. The molecule has 0 unspecified atom stereocenters. The number of pyridine rings is 1. The molecule has 0 aromatic carbocycles. The Kier molecular flexibility index (Phi) is 3.06. The predicted molar refractivity (Wildman–Crippen MR) is 58.3 cm³/mol. The van der Waals surface area contributed by atoms with Crippen molar-refractivity contribution in [1.82, 2.24) is 9.88 Å². The van der Waals surface area contributed by atoms with Crippen LogP contribution in [0.25, 0.3) is 0 Å². The monoisotopic (exact) mass is 216 g/mol. The average molecular weight is 216 g/mol. The fraction of sp³-hybridized carbons (Fsp3) is 0.333. The Balaban J connectivity index is 1.76. The van der Waals surface area contributed by atoms with Crippen LogP contribution in [0, 0.1) is 18.3 Å². The molecule has 82 valence electrons. The van der Waals surface area contributed by atoms with Crippen molar-refractivity contribution in [1.29, 1.82) is 0 Å². The van der Waals surface area contributed by atoms with Gasteiger partial charge < -0.3 is 9.64 Å². The van der Waals surface area contributed by atoms with Gasteiger partial charge in [0.05, 0.1) is 5.92 Å². The highest BCUT2D eigenvalue weighted by Gasteiger charge is 2.30. The Bertz CT molecular complexity index is 405. The second kappa shape index (κ2) is 4.67. The molecule has 1 fully saturated rings. The first-order valence-electron chi connectivity index (χ1n) is 5.06. The van der Waals surface area contributed by atoms with E-state index in [0.717, 1.165) is 5.56 Å². The molecule has 0 atom stereocenters. The molecule has 1 amide bonds. The van der Waals surface area contributed by atoms with Crippen LogP contribution in [-0.4, -0.2) is 29.1 Å². The summed E-state index contributed by atoms with van der Waals surface area (Å²) in [6.07, 6.45) is 8.27. The second-order valence-corrected chi connectivity index (χ2v) is 3.68. The Morgan fingerprint density at radius 2 is 2.50 bits per heavy atom. The molecule has 0 bridgehead atoms. The molecule has 0 radical (unpaired) electrons. The lowest BCUT2D eigenvalue weighted by Gasteiger charge is -2.35. The molecular formula is C12H12N2O2. The van der Waals surface area contributed by atoms with Gasteiger partial charge in [-0.25, -0.2) is 4.79 Å². The van der Waals surface area contributed by atoms with E-state index in [0.29, 0.717) is 13.1 Å². The van der Waals surface area contributed by atoms with Gasteiger partial charge in [0.15, 0.2) is 0 Å². The molecule has 1 aliphatic heterocycles. The molecule has 4 heteroatoms. The topological polar surface area (TPSA) is 42.4 Å². The molecule has 2 heterocycles. The highest BCUT2D eigenvalue weighted by Crippen LogP contribution is 2.15. The fourth-order valence-electron chi connectivity index (χ4n) is 1.45. The van der Waals surface area contributed by atoms with Gasteiger partial charge in [-0.1, -0.05) is 12.0 Å².